The number of nitrogens with one attached hydrogen (secondary N) is 3. The van der Waals surface area contributed by atoms with E-state index in [-0.39, 0.29) is 40.9 Å². The molecule has 2 aromatic carbocycles. The molecule has 4 aliphatic rings. The number of alkyl halides is 4. The molecule has 6 aromatic heterocycles. The molecule has 8 aromatic rings. The molecule has 25 heteroatoms. The van der Waals surface area contributed by atoms with Gasteiger partial charge in [-0.3, -0.25) is 0 Å². The van der Waals surface area contributed by atoms with E-state index in [1.165, 1.54) is 59.7 Å². The molecule has 67 heavy (non-hydrogen) atoms. The maximum Gasteiger partial charge on any atom is 0.586 e. The number of hydrogen-bond acceptors (Lipinski definition) is 18. The molecule has 348 valence electrons. The second kappa shape index (κ2) is 18.3. The smallest absolute Gasteiger partial charge is 0.395 e. The molecule has 0 radical (unpaired) electrons. The first-order chi connectivity index (χ1) is 32.4. The number of imidazole rings is 2. The largest absolute Gasteiger partial charge is 0.586 e. The molecule has 0 saturated carbocycles. The molecule has 2 saturated heterocycles. The van der Waals surface area contributed by atoms with Gasteiger partial charge in [0.25, 0.3) is 0 Å². The SMILES string of the molecule is FC1(F)Oc2ccc(-n3cnc(Nc4nc(Cl)nc5sccc45)c3)cc2O1.OC[C@@H]1CCCN1.OC[C@@H]1CCCN1c1nc(Nc2cn(-c3ccc4c(c3)OC(F)(F)O4)cn2)c2ccsc2n1. The molecule has 5 N–H and O–H groups in total. The van der Waals surface area contributed by atoms with Gasteiger partial charge in [0.1, 0.15) is 45.6 Å². The fraction of sp³-hybridized carbons (Fsp3) is 0.286. The minimum Gasteiger partial charge on any atom is -0.395 e. The van der Waals surface area contributed by atoms with Crippen LogP contribution in [0.5, 0.6) is 23.0 Å². The van der Waals surface area contributed by atoms with E-state index in [1.54, 1.807) is 40.0 Å². The van der Waals surface area contributed by atoms with Crippen molar-refractivity contribution in [1.82, 2.24) is 44.4 Å². The number of hydrogen-bond donors (Lipinski definition) is 5. The monoisotopic (exact) mass is 980 g/mol. The van der Waals surface area contributed by atoms with Gasteiger partial charge in [-0.1, -0.05) is 0 Å². The maximum atomic E-state index is 13.3. The van der Waals surface area contributed by atoms with Gasteiger partial charge in [0, 0.05) is 24.7 Å². The van der Waals surface area contributed by atoms with Gasteiger partial charge >= 0.3 is 12.6 Å². The highest BCUT2D eigenvalue weighted by Crippen LogP contribution is 2.43. The second-order valence-corrected chi connectivity index (χ2v) is 17.4. The Bertz CT molecular complexity index is 3060. The van der Waals surface area contributed by atoms with Crippen LogP contribution in [0.1, 0.15) is 25.7 Å². The van der Waals surface area contributed by atoms with Gasteiger partial charge in [0.05, 0.1) is 53.8 Å². The predicted octanol–water partition coefficient (Wildman–Crippen LogP) is 8.23. The number of halogens is 5. The van der Waals surface area contributed by atoms with Gasteiger partial charge in [-0.05, 0) is 91.0 Å². The van der Waals surface area contributed by atoms with Crippen LogP contribution in [0.3, 0.4) is 0 Å². The fourth-order valence-corrected chi connectivity index (χ4v) is 9.43. The van der Waals surface area contributed by atoms with Crippen molar-refractivity contribution >= 4 is 83.9 Å². The van der Waals surface area contributed by atoms with Gasteiger partial charge in [-0.2, -0.15) is 9.97 Å². The van der Waals surface area contributed by atoms with Gasteiger partial charge in [-0.25, -0.2) is 19.9 Å². The summed E-state index contributed by atoms with van der Waals surface area (Å²) in [5.41, 5.74) is 1.17. The molecule has 2 atom stereocenters. The van der Waals surface area contributed by atoms with Gasteiger partial charge < -0.3 is 59.1 Å². The van der Waals surface area contributed by atoms with E-state index >= 15 is 0 Å². The zero-order chi connectivity index (χ0) is 46.3. The fourth-order valence-electron chi connectivity index (χ4n) is 7.69. The molecular formula is C42H37ClF4N12O6S2. The lowest BCUT2D eigenvalue weighted by molar-refractivity contribution is -0.287. The van der Waals surface area contributed by atoms with E-state index in [1.807, 2.05) is 27.8 Å². The van der Waals surface area contributed by atoms with Crippen LogP contribution in [0.4, 0.5) is 46.8 Å². The van der Waals surface area contributed by atoms with Crippen molar-refractivity contribution in [2.75, 3.05) is 41.8 Å². The minimum absolute atomic E-state index is 0.00727. The summed E-state index contributed by atoms with van der Waals surface area (Å²) in [5, 5.41) is 33.3. The van der Waals surface area contributed by atoms with E-state index < -0.39 is 12.6 Å². The highest BCUT2D eigenvalue weighted by atomic mass is 35.5. The number of fused-ring (bicyclic) bond motifs is 4. The lowest BCUT2D eigenvalue weighted by Gasteiger charge is -2.23. The third kappa shape index (κ3) is 9.66. The third-order valence-electron chi connectivity index (χ3n) is 10.9. The summed E-state index contributed by atoms with van der Waals surface area (Å²) >= 11 is 8.92. The Morgan fingerprint density at radius 1 is 0.701 bits per heavy atom. The number of ether oxygens (including phenoxy) is 4. The lowest BCUT2D eigenvalue weighted by atomic mass is 10.2. The number of aromatic nitrogens is 8. The Balaban J connectivity index is 0.000000139. The zero-order valence-corrected chi connectivity index (χ0v) is 37.0. The molecule has 0 amide bonds. The van der Waals surface area contributed by atoms with E-state index in [0.29, 0.717) is 53.2 Å². The Labute approximate surface area is 389 Å². The Morgan fingerprint density at radius 2 is 1.27 bits per heavy atom. The van der Waals surface area contributed by atoms with Crippen LogP contribution in [0.15, 0.2) is 84.3 Å². The molecule has 10 heterocycles. The van der Waals surface area contributed by atoms with E-state index in [4.69, 9.17) is 21.7 Å². The molecular weight excluding hydrogens is 944 g/mol. The van der Waals surface area contributed by atoms with Crippen LogP contribution in [-0.2, 0) is 0 Å². The van der Waals surface area contributed by atoms with E-state index in [2.05, 4.69) is 59.8 Å². The normalized spacial score (nSPS) is 18.5. The average molecular weight is 981 g/mol. The molecule has 2 fully saturated rings. The summed E-state index contributed by atoms with van der Waals surface area (Å²) in [6, 6.07) is 13.2. The van der Waals surface area contributed by atoms with Crippen LogP contribution < -0.4 is 39.8 Å². The molecule has 18 nitrogen and oxygen atoms in total. The Hall–Kier alpha value is -6.57. The summed E-state index contributed by atoms with van der Waals surface area (Å²) in [6.07, 6.45) is 3.44. The number of thiophene rings is 2. The Kier molecular flexibility index (Phi) is 12.1. The van der Waals surface area contributed by atoms with Crippen molar-refractivity contribution in [1.29, 1.82) is 0 Å². The molecule has 0 aliphatic carbocycles. The van der Waals surface area contributed by atoms with Gasteiger partial charge in [-0.15, -0.1) is 40.2 Å². The quantitative estimate of drug-likeness (QED) is 0.0683. The van der Waals surface area contributed by atoms with Crippen molar-refractivity contribution < 1.29 is 46.7 Å². The van der Waals surface area contributed by atoms with Crippen molar-refractivity contribution in [3.8, 4) is 34.4 Å². The lowest BCUT2D eigenvalue weighted by Crippen LogP contribution is -2.33. The number of aliphatic hydroxyl groups excluding tert-OH is 2. The molecule has 4 aliphatic heterocycles. The summed E-state index contributed by atoms with van der Waals surface area (Å²) in [7, 11) is 0. The first-order valence-corrected chi connectivity index (χ1v) is 22.8. The average Bonchev–Trinajstić information content (AvgIpc) is 4.14. The summed E-state index contributed by atoms with van der Waals surface area (Å²) < 4.78 is 74.1. The minimum atomic E-state index is -3.66. The molecule has 0 bridgehead atoms. The van der Waals surface area contributed by atoms with Gasteiger partial charge in [0.2, 0.25) is 11.2 Å². The van der Waals surface area contributed by atoms with Crippen molar-refractivity contribution in [2.45, 2.75) is 50.4 Å². The topological polar surface area (TPSA) is 204 Å². The van der Waals surface area contributed by atoms with Crippen molar-refractivity contribution in [2.24, 2.45) is 0 Å². The van der Waals surface area contributed by atoms with E-state index in [9.17, 15) is 22.7 Å². The predicted molar refractivity (Wildman–Crippen MR) is 242 cm³/mol. The van der Waals surface area contributed by atoms with Crippen LogP contribution in [0.25, 0.3) is 31.8 Å². The Morgan fingerprint density at radius 3 is 1.81 bits per heavy atom. The number of benzene rings is 2. The zero-order valence-electron chi connectivity index (χ0n) is 34.7. The molecule has 12 rings (SSSR count). The van der Waals surface area contributed by atoms with E-state index in [0.717, 1.165) is 52.8 Å². The van der Waals surface area contributed by atoms with Crippen LogP contribution in [0.2, 0.25) is 5.28 Å². The first kappa shape index (κ1) is 44.3. The summed E-state index contributed by atoms with van der Waals surface area (Å²) in [5.74, 6) is 2.62. The number of anilines is 5. The summed E-state index contributed by atoms with van der Waals surface area (Å²) in [6.45, 7) is 2.24. The standard InChI is InChI=1S/C21H18F2N6O3S.C16H8ClF2N5O2S.C5H11NO/c22-21(23)31-15-4-3-12(8-16(15)32-21)28-9-17(24-11-28)25-18-14-5-7-33-19(14)27-20(26-18)29-6-1-2-13(29)10-30;17-15-22-13(9-3-4-27-14(9)23-15)21-12-6-24(7-20-12)8-1-2-10-11(5-8)26-16(18,19)25-10;7-4-5-2-1-3-6-5/h3-5,7-9,11,13,30H,1-2,6,10H2,(H,25,26,27);1-7H,(H,21,22,23);5-7H,1-4H2/t13-;;5-/m0.0/s1. The highest BCUT2D eigenvalue weighted by Gasteiger charge is 2.44. The van der Waals surface area contributed by atoms with Gasteiger partial charge in [0.15, 0.2) is 23.0 Å². The highest BCUT2D eigenvalue weighted by molar-refractivity contribution is 7.17. The second-order valence-electron chi connectivity index (χ2n) is 15.3. The number of aliphatic hydroxyl groups is 2. The number of rotatable bonds is 9. The summed E-state index contributed by atoms with van der Waals surface area (Å²) in [4.78, 5) is 30.0. The van der Waals surface area contributed by atoms with Crippen molar-refractivity contribution in [3.63, 3.8) is 0 Å². The maximum absolute atomic E-state index is 13.3. The first-order valence-electron chi connectivity index (χ1n) is 20.7. The van der Waals surface area contributed by atoms with Crippen LogP contribution >= 0.6 is 34.3 Å². The third-order valence-corrected chi connectivity index (χ3v) is 12.6. The van der Waals surface area contributed by atoms with Crippen LogP contribution in [0, 0.1) is 0 Å². The van der Waals surface area contributed by atoms with Crippen LogP contribution in [-0.4, -0.2) is 100 Å². The molecule has 0 unspecified atom stereocenters. The van der Waals surface area contributed by atoms with Crippen molar-refractivity contribution in [3.05, 3.63) is 89.6 Å². The number of nitrogens with zero attached hydrogens (tertiary/aromatic N) is 9. The molecule has 0 spiro atoms.